The number of ether oxygens (including phenoxy) is 2. The number of para-hydroxylation sites is 1. The number of carbonyl (C=O) groups excluding carboxylic acids is 3. The van der Waals surface area contributed by atoms with Gasteiger partial charge in [-0.25, -0.2) is 4.79 Å². The molecule has 0 spiro atoms. The van der Waals surface area contributed by atoms with E-state index in [1.807, 2.05) is 0 Å². The highest BCUT2D eigenvalue weighted by Gasteiger charge is 2.18. The SMILES string of the molecule is CCOc1ccccc1C(=O)OCC(=O)N(C)CC(=O)NCc1ccco1. The van der Waals surface area contributed by atoms with Crippen LogP contribution in [0, 0.1) is 0 Å². The molecule has 2 amide bonds. The molecule has 1 heterocycles. The number of hydrogen-bond acceptors (Lipinski definition) is 6. The third-order valence-electron chi connectivity index (χ3n) is 3.58. The Bertz CT molecular complexity index is 772. The van der Waals surface area contributed by atoms with Gasteiger partial charge in [-0.05, 0) is 31.2 Å². The summed E-state index contributed by atoms with van der Waals surface area (Å²) < 4.78 is 15.5. The summed E-state index contributed by atoms with van der Waals surface area (Å²) in [7, 11) is 1.46. The first kappa shape index (κ1) is 20.0. The average molecular weight is 374 g/mol. The van der Waals surface area contributed by atoms with E-state index in [1.54, 1.807) is 43.3 Å². The molecule has 0 bridgehead atoms. The van der Waals surface area contributed by atoms with E-state index in [-0.39, 0.29) is 24.6 Å². The van der Waals surface area contributed by atoms with Crippen LogP contribution in [0.25, 0.3) is 0 Å². The molecular formula is C19H22N2O6. The molecule has 8 heteroatoms. The average Bonchev–Trinajstić information content (AvgIpc) is 3.18. The minimum atomic E-state index is -0.664. The van der Waals surface area contributed by atoms with E-state index in [2.05, 4.69) is 5.32 Å². The van der Waals surface area contributed by atoms with Crippen molar-refractivity contribution < 1.29 is 28.3 Å². The van der Waals surface area contributed by atoms with Crippen LogP contribution in [0.15, 0.2) is 47.1 Å². The van der Waals surface area contributed by atoms with Crippen molar-refractivity contribution in [3.05, 3.63) is 54.0 Å². The highest BCUT2D eigenvalue weighted by atomic mass is 16.5. The Hall–Kier alpha value is -3.29. The summed E-state index contributed by atoms with van der Waals surface area (Å²) in [6.07, 6.45) is 1.51. The zero-order chi connectivity index (χ0) is 19.6. The molecule has 8 nitrogen and oxygen atoms in total. The summed E-state index contributed by atoms with van der Waals surface area (Å²) in [5, 5.41) is 2.63. The minimum Gasteiger partial charge on any atom is -0.493 e. The van der Waals surface area contributed by atoms with Crippen LogP contribution in [0.2, 0.25) is 0 Å². The zero-order valence-corrected chi connectivity index (χ0v) is 15.3. The van der Waals surface area contributed by atoms with Gasteiger partial charge in [-0.3, -0.25) is 9.59 Å². The summed E-state index contributed by atoms with van der Waals surface area (Å²) in [5.74, 6) is -0.508. The number of hydrogen-bond donors (Lipinski definition) is 1. The van der Waals surface area contributed by atoms with E-state index in [9.17, 15) is 14.4 Å². The van der Waals surface area contributed by atoms with Crippen LogP contribution >= 0.6 is 0 Å². The highest BCUT2D eigenvalue weighted by Crippen LogP contribution is 2.18. The summed E-state index contributed by atoms with van der Waals surface area (Å²) >= 11 is 0. The lowest BCUT2D eigenvalue weighted by Crippen LogP contribution is -2.39. The molecule has 0 aliphatic rings. The van der Waals surface area contributed by atoms with E-state index in [0.717, 1.165) is 0 Å². The van der Waals surface area contributed by atoms with E-state index < -0.39 is 18.5 Å². The van der Waals surface area contributed by atoms with Crippen molar-refractivity contribution in [1.82, 2.24) is 10.2 Å². The molecule has 0 radical (unpaired) electrons. The maximum Gasteiger partial charge on any atom is 0.342 e. The van der Waals surface area contributed by atoms with Gasteiger partial charge in [-0.2, -0.15) is 0 Å². The van der Waals surface area contributed by atoms with Gasteiger partial charge in [0.05, 0.1) is 26.0 Å². The number of benzene rings is 1. The molecule has 0 saturated heterocycles. The first-order valence-corrected chi connectivity index (χ1v) is 8.43. The van der Waals surface area contributed by atoms with E-state index >= 15 is 0 Å². The first-order chi connectivity index (χ1) is 13.0. The largest absolute Gasteiger partial charge is 0.493 e. The number of nitrogens with zero attached hydrogens (tertiary/aromatic N) is 1. The number of amides is 2. The number of esters is 1. The zero-order valence-electron chi connectivity index (χ0n) is 15.3. The molecule has 144 valence electrons. The lowest BCUT2D eigenvalue weighted by Gasteiger charge is -2.17. The highest BCUT2D eigenvalue weighted by molar-refractivity contribution is 5.94. The maximum absolute atomic E-state index is 12.2. The Labute approximate surface area is 157 Å². The van der Waals surface area contributed by atoms with E-state index in [0.29, 0.717) is 18.1 Å². The second-order valence-corrected chi connectivity index (χ2v) is 5.61. The Morgan fingerprint density at radius 3 is 2.63 bits per heavy atom. The fourth-order valence-corrected chi connectivity index (χ4v) is 2.19. The molecular weight excluding hydrogens is 352 g/mol. The maximum atomic E-state index is 12.2. The van der Waals surface area contributed by atoms with Crippen LogP contribution in [-0.2, 0) is 20.9 Å². The predicted octanol–water partition coefficient (Wildman–Crippen LogP) is 1.61. The standard InChI is InChI=1S/C19H22N2O6/c1-3-25-16-9-5-4-8-15(16)19(24)27-13-18(23)21(2)12-17(22)20-11-14-7-6-10-26-14/h4-10H,3,11-13H2,1-2H3,(H,20,22). The monoisotopic (exact) mass is 374 g/mol. The number of nitrogens with one attached hydrogen (secondary N) is 1. The lowest BCUT2D eigenvalue weighted by molar-refractivity contribution is -0.137. The molecule has 0 aliphatic carbocycles. The number of rotatable bonds is 9. The van der Waals surface area contributed by atoms with E-state index in [4.69, 9.17) is 13.9 Å². The van der Waals surface area contributed by atoms with Crippen molar-refractivity contribution >= 4 is 17.8 Å². The molecule has 1 aromatic carbocycles. The number of carbonyl (C=O) groups is 3. The van der Waals surface area contributed by atoms with Gasteiger partial charge >= 0.3 is 5.97 Å². The third kappa shape index (κ3) is 6.18. The van der Waals surface area contributed by atoms with Crippen molar-refractivity contribution in [3.63, 3.8) is 0 Å². The molecule has 0 fully saturated rings. The quantitative estimate of drug-likeness (QED) is 0.670. The topological polar surface area (TPSA) is 98.1 Å². The minimum absolute atomic E-state index is 0.160. The van der Waals surface area contributed by atoms with Crippen LogP contribution < -0.4 is 10.1 Å². The third-order valence-corrected chi connectivity index (χ3v) is 3.58. The van der Waals surface area contributed by atoms with Crippen LogP contribution in [0.1, 0.15) is 23.0 Å². The van der Waals surface area contributed by atoms with Gasteiger partial charge < -0.3 is 24.1 Å². The normalized spacial score (nSPS) is 10.1. The van der Waals surface area contributed by atoms with Crippen LogP contribution in [0.3, 0.4) is 0 Å². The van der Waals surface area contributed by atoms with Crippen molar-refractivity contribution in [3.8, 4) is 5.75 Å². The summed E-state index contributed by atoms with van der Waals surface area (Å²) in [6, 6.07) is 10.1. The molecule has 0 unspecified atom stereocenters. The Morgan fingerprint density at radius 1 is 1.15 bits per heavy atom. The van der Waals surface area contributed by atoms with Crippen molar-refractivity contribution in [2.45, 2.75) is 13.5 Å². The van der Waals surface area contributed by atoms with Gasteiger partial charge in [0.25, 0.3) is 5.91 Å². The Morgan fingerprint density at radius 2 is 1.93 bits per heavy atom. The van der Waals surface area contributed by atoms with Gasteiger partial charge in [0.1, 0.15) is 17.1 Å². The smallest absolute Gasteiger partial charge is 0.342 e. The van der Waals surface area contributed by atoms with Crippen LogP contribution in [0.5, 0.6) is 5.75 Å². The summed E-state index contributed by atoms with van der Waals surface area (Å²) in [4.78, 5) is 37.3. The van der Waals surface area contributed by atoms with Gasteiger partial charge in [0.15, 0.2) is 6.61 Å². The summed E-state index contributed by atoms with van der Waals surface area (Å²) in [5.41, 5.74) is 0.242. The predicted molar refractivity (Wildman–Crippen MR) is 96.1 cm³/mol. The van der Waals surface area contributed by atoms with Gasteiger partial charge in [-0.15, -0.1) is 0 Å². The number of furan rings is 1. The Kier molecular flexibility index (Phi) is 7.42. The van der Waals surface area contributed by atoms with Gasteiger partial charge in [0, 0.05) is 7.05 Å². The molecule has 27 heavy (non-hydrogen) atoms. The summed E-state index contributed by atoms with van der Waals surface area (Å²) in [6.45, 7) is 1.81. The van der Waals surface area contributed by atoms with Crippen molar-refractivity contribution in [2.24, 2.45) is 0 Å². The molecule has 0 aliphatic heterocycles. The molecule has 0 saturated carbocycles. The van der Waals surface area contributed by atoms with Crippen molar-refractivity contribution in [2.75, 3.05) is 26.8 Å². The second kappa shape index (κ2) is 10.0. The second-order valence-electron chi connectivity index (χ2n) is 5.61. The first-order valence-electron chi connectivity index (χ1n) is 8.43. The molecule has 2 aromatic rings. The fourth-order valence-electron chi connectivity index (χ4n) is 2.19. The lowest BCUT2D eigenvalue weighted by atomic mass is 10.2. The van der Waals surface area contributed by atoms with Crippen LogP contribution in [-0.4, -0.2) is 49.5 Å². The Balaban J connectivity index is 1.78. The van der Waals surface area contributed by atoms with Crippen molar-refractivity contribution in [1.29, 1.82) is 0 Å². The van der Waals surface area contributed by atoms with E-state index in [1.165, 1.54) is 18.2 Å². The number of likely N-dealkylation sites (N-methyl/N-ethyl adjacent to an activating group) is 1. The van der Waals surface area contributed by atoms with Gasteiger partial charge in [-0.1, -0.05) is 12.1 Å². The molecule has 1 aromatic heterocycles. The van der Waals surface area contributed by atoms with Crippen LogP contribution in [0.4, 0.5) is 0 Å². The molecule has 2 rings (SSSR count). The molecule has 1 N–H and O–H groups in total. The molecule has 0 atom stereocenters. The van der Waals surface area contributed by atoms with Gasteiger partial charge in [0.2, 0.25) is 5.91 Å². The fraction of sp³-hybridized carbons (Fsp3) is 0.316.